The van der Waals surface area contributed by atoms with Crippen LogP contribution in [0, 0.1) is 0 Å². The standard InChI is InChI=1S/C24H23N3O2S/c1-18(26-27-23(28)15-16-30-22-13-6-3-7-14-22)20-11-8-12-21(17-20)25-24(29)19-9-4-2-5-10-19/h2-14,17H,15-16H2,1H3,(H,25,29)(H,27,28)/b26-18-. The van der Waals surface area contributed by atoms with Crippen molar-refractivity contribution < 1.29 is 9.59 Å². The largest absolute Gasteiger partial charge is 0.322 e. The maximum atomic E-state index is 12.3. The number of rotatable bonds is 8. The molecule has 5 nitrogen and oxygen atoms in total. The average Bonchev–Trinajstić information content (AvgIpc) is 2.79. The van der Waals surface area contributed by atoms with E-state index in [0.717, 1.165) is 10.5 Å². The van der Waals surface area contributed by atoms with Gasteiger partial charge in [0.1, 0.15) is 0 Å². The molecule has 0 heterocycles. The van der Waals surface area contributed by atoms with Crippen molar-refractivity contribution >= 4 is 35.0 Å². The highest BCUT2D eigenvalue weighted by molar-refractivity contribution is 7.99. The van der Waals surface area contributed by atoms with E-state index in [2.05, 4.69) is 15.8 Å². The predicted molar refractivity (Wildman–Crippen MR) is 123 cm³/mol. The second-order valence-corrected chi connectivity index (χ2v) is 7.71. The number of nitrogens with zero attached hydrogens (tertiary/aromatic N) is 1. The molecule has 0 unspecified atom stereocenters. The first-order valence-electron chi connectivity index (χ1n) is 9.59. The van der Waals surface area contributed by atoms with Crippen LogP contribution in [0.15, 0.2) is 94.9 Å². The van der Waals surface area contributed by atoms with Crippen LogP contribution < -0.4 is 10.7 Å². The van der Waals surface area contributed by atoms with Crippen molar-refractivity contribution in [2.45, 2.75) is 18.2 Å². The molecule has 2 amide bonds. The summed E-state index contributed by atoms with van der Waals surface area (Å²) in [4.78, 5) is 25.5. The number of hydrazone groups is 1. The highest BCUT2D eigenvalue weighted by Gasteiger charge is 2.07. The zero-order valence-electron chi connectivity index (χ0n) is 16.7. The van der Waals surface area contributed by atoms with Crippen molar-refractivity contribution in [3.05, 3.63) is 96.1 Å². The second-order valence-electron chi connectivity index (χ2n) is 6.54. The minimum Gasteiger partial charge on any atom is -0.322 e. The van der Waals surface area contributed by atoms with Crippen molar-refractivity contribution in [2.75, 3.05) is 11.1 Å². The van der Waals surface area contributed by atoms with Gasteiger partial charge in [-0.25, -0.2) is 5.43 Å². The van der Waals surface area contributed by atoms with Crippen molar-refractivity contribution in [3.63, 3.8) is 0 Å². The number of anilines is 1. The second kappa shape index (κ2) is 11.0. The normalized spacial score (nSPS) is 11.0. The van der Waals surface area contributed by atoms with Crippen LogP contribution in [0.4, 0.5) is 5.69 Å². The number of thioether (sulfide) groups is 1. The molecule has 3 rings (SSSR count). The third-order valence-corrected chi connectivity index (χ3v) is 5.28. The third-order valence-electron chi connectivity index (χ3n) is 4.26. The van der Waals surface area contributed by atoms with Gasteiger partial charge in [-0.3, -0.25) is 9.59 Å². The molecular formula is C24H23N3O2S. The van der Waals surface area contributed by atoms with Crippen LogP contribution in [0.5, 0.6) is 0 Å². The smallest absolute Gasteiger partial charge is 0.255 e. The van der Waals surface area contributed by atoms with Crippen LogP contribution >= 0.6 is 11.8 Å². The highest BCUT2D eigenvalue weighted by Crippen LogP contribution is 2.17. The Morgan fingerprint density at radius 1 is 0.867 bits per heavy atom. The molecule has 0 radical (unpaired) electrons. The van der Waals surface area contributed by atoms with Gasteiger partial charge < -0.3 is 5.32 Å². The summed E-state index contributed by atoms with van der Waals surface area (Å²) in [5.74, 6) is 0.378. The quantitative estimate of drug-likeness (QED) is 0.309. The number of carbonyl (C=O) groups excluding carboxylic acids is 2. The lowest BCUT2D eigenvalue weighted by molar-refractivity contribution is -0.120. The maximum absolute atomic E-state index is 12.3. The Kier molecular flexibility index (Phi) is 7.80. The molecule has 0 fully saturated rings. The number of nitrogens with one attached hydrogen (secondary N) is 2. The first-order chi connectivity index (χ1) is 14.6. The zero-order chi connectivity index (χ0) is 21.2. The van der Waals surface area contributed by atoms with Gasteiger partial charge in [0.15, 0.2) is 0 Å². The van der Waals surface area contributed by atoms with E-state index in [-0.39, 0.29) is 11.8 Å². The first kappa shape index (κ1) is 21.3. The molecule has 0 aliphatic rings. The Morgan fingerprint density at radius 3 is 2.27 bits per heavy atom. The van der Waals surface area contributed by atoms with E-state index >= 15 is 0 Å². The molecule has 0 saturated heterocycles. The van der Waals surface area contributed by atoms with Crippen LogP contribution in [0.25, 0.3) is 0 Å². The predicted octanol–water partition coefficient (Wildman–Crippen LogP) is 4.96. The molecule has 3 aromatic carbocycles. The topological polar surface area (TPSA) is 70.6 Å². The zero-order valence-corrected chi connectivity index (χ0v) is 17.5. The lowest BCUT2D eigenvalue weighted by atomic mass is 10.1. The van der Waals surface area contributed by atoms with E-state index in [1.54, 1.807) is 23.9 Å². The summed E-state index contributed by atoms with van der Waals surface area (Å²) in [7, 11) is 0. The van der Waals surface area contributed by atoms with E-state index in [1.165, 1.54) is 0 Å². The van der Waals surface area contributed by atoms with Gasteiger partial charge in [-0.2, -0.15) is 5.10 Å². The SMILES string of the molecule is C/C(=N/NC(=O)CCSc1ccccc1)c1cccc(NC(=O)c2ccccc2)c1. The molecule has 0 aliphatic heterocycles. The summed E-state index contributed by atoms with van der Waals surface area (Å²) in [6.45, 7) is 1.82. The summed E-state index contributed by atoms with van der Waals surface area (Å²) >= 11 is 1.64. The summed E-state index contributed by atoms with van der Waals surface area (Å²) in [5.41, 5.74) is 5.34. The number of carbonyl (C=O) groups is 2. The molecule has 0 atom stereocenters. The number of hydrogen-bond acceptors (Lipinski definition) is 4. The number of hydrogen-bond donors (Lipinski definition) is 2. The minimum atomic E-state index is -0.174. The molecule has 30 heavy (non-hydrogen) atoms. The molecule has 0 aliphatic carbocycles. The molecule has 6 heteroatoms. The highest BCUT2D eigenvalue weighted by atomic mass is 32.2. The van der Waals surface area contributed by atoms with Gasteiger partial charge in [-0.15, -0.1) is 11.8 Å². The van der Waals surface area contributed by atoms with Crippen molar-refractivity contribution in [1.82, 2.24) is 5.43 Å². The van der Waals surface area contributed by atoms with Gasteiger partial charge in [-0.1, -0.05) is 48.5 Å². The molecule has 152 valence electrons. The van der Waals surface area contributed by atoms with Crippen molar-refractivity contribution in [1.29, 1.82) is 0 Å². The van der Waals surface area contributed by atoms with Crippen LogP contribution in [0.1, 0.15) is 29.3 Å². The van der Waals surface area contributed by atoms with Gasteiger partial charge in [0.05, 0.1) is 5.71 Å². The van der Waals surface area contributed by atoms with Crippen molar-refractivity contribution in [3.8, 4) is 0 Å². The lowest BCUT2D eigenvalue weighted by Crippen LogP contribution is -2.19. The molecule has 0 spiro atoms. The molecular weight excluding hydrogens is 394 g/mol. The van der Waals surface area contributed by atoms with E-state index in [9.17, 15) is 9.59 Å². The number of amides is 2. The van der Waals surface area contributed by atoms with Gasteiger partial charge in [0.25, 0.3) is 5.91 Å². The lowest BCUT2D eigenvalue weighted by Gasteiger charge is -2.08. The Labute approximate surface area is 180 Å². The molecule has 0 bridgehead atoms. The fourth-order valence-corrected chi connectivity index (χ4v) is 3.53. The minimum absolute atomic E-state index is 0.133. The van der Waals surface area contributed by atoms with Crippen LogP contribution in [0.3, 0.4) is 0 Å². The van der Waals surface area contributed by atoms with Gasteiger partial charge in [0, 0.05) is 28.3 Å². The average molecular weight is 418 g/mol. The first-order valence-corrected chi connectivity index (χ1v) is 10.6. The molecule has 0 saturated carbocycles. The number of benzene rings is 3. The third kappa shape index (κ3) is 6.60. The summed E-state index contributed by atoms with van der Waals surface area (Å²) < 4.78 is 0. The van der Waals surface area contributed by atoms with Gasteiger partial charge in [-0.05, 0) is 48.9 Å². The molecule has 3 aromatic rings. The Balaban J connectivity index is 1.52. The summed E-state index contributed by atoms with van der Waals surface area (Å²) in [6, 6.07) is 26.4. The maximum Gasteiger partial charge on any atom is 0.255 e. The molecule has 2 N–H and O–H groups in total. The summed E-state index contributed by atoms with van der Waals surface area (Å²) in [6.07, 6.45) is 0.378. The Morgan fingerprint density at radius 2 is 1.53 bits per heavy atom. The van der Waals surface area contributed by atoms with Crippen molar-refractivity contribution in [2.24, 2.45) is 5.10 Å². The van der Waals surface area contributed by atoms with Crippen LogP contribution in [-0.2, 0) is 4.79 Å². The fourth-order valence-electron chi connectivity index (χ4n) is 2.66. The van der Waals surface area contributed by atoms with Gasteiger partial charge in [0.2, 0.25) is 5.91 Å². The van der Waals surface area contributed by atoms with Gasteiger partial charge >= 0.3 is 0 Å². The van der Waals surface area contributed by atoms with E-state index in [4.69, 9.17) is 0 Å². The monoisotopic (exact) mass is 417 g/mol. The fraction of sp³-hybridized carbons (Fsp3) is 0.125. The molecule has 0 aromatic heterocycles. The van der Waals surface area contributed by atoms with Crippen LogP contribution in [0.2, 0.25) is 0 Å². The Bertz CT molecular complexity index is 1020. The van der Waals surface area contributed by atoms with E-state index in [0.29, 0.717) is 29.1 Å². The summed E-state index contributed by atoms with van der Waals surface area (Å²) in [5, 5.41) is 7.07. The Hall–Kier alpha value is -3.38. The van der Waals surface area contributed by atoms with Crippen LogP contribution in [-0.4, -0.2) is 23.3 Å². The van der Waals surface area contributed by atoms with E-state index in [1.807, 2.05) is 79.7 Å². The van der Waals surface area contributed by atoms with E-state index < -0.39 is 0 Å².